The minimum Gasteiger partial charge on any atom is -0.480 e. The molecule has 0 aromatic carbocycles. The summed E-state index contributed by atoms with van der Waals surface area (Å²) in [5.41, 5.74) is 4.55. The van der Waals surface area contributed by atoms with Gasteiger partial charge in [-0.25, -0.2) is 4.39 Å². The van der Waals surface area contributed by atoms with Gasteiger partial charge in [-0.15, -0.1) is 0 Å². The lowest BCUT2D eigenvalue weighted by Crippen LogP contribution is -2.31. The van der Waals surface area contributed by atoms with E-state index in [1.807, 2.05) is 0 Å². The number of rotatable bonds is 2. The molecule has 0 aliphatic rings. The van der Waals surface area contributed by atoms with Crippen molar-refractivity contribution in [3.63, 3.8) is 0 Å². The third-order valence-electron chi connectivity index (χ3n) is 0.419. The predicted molar refractivity (Wildman–Crippen MR) is 21.6 cm³/mol. The Bertz CT molecular complexity index is 105. The first kappa shape index (κ1) is 4.52. The first-order valence-electron chi connectivity index (χ1n) is 2.09. The molecule has 7 heavy (non-hydrogen) atoms. The Kier molecular flexibility index (Phi) is 1.63. The maximum absolute atomic E-state index is 11.3. The van der Waals surface area contributed by atoms with Crippen LogP contribution in [0.4, 0.5) is 4.39 Å². The van der Waals surface area contributed by atoms with Gasteiger partial charge in [-0.3, -0.25) is 4.79 Å². The van der Waals surface area contributed by atoms with E-state index in [1.54, 1.807) is 0 Å². The molecular weight excluding hydrogens is 101 g/mol. The van der Waals surface area contributed by atoms with Crippen LogP contribution in [-0.2, 0) is 4.79 Å². The van der Waals surface area contributed by atoms with E-state index in [4.69, 9.17) is 6.48 Å². The van der Waals surface area contributed by atoms with Gasteiger partial charge in [0.05, 0.1) is 1.37 Å². The molecule has 0 aromatic heterocycles. The second-order valence-electron chi connectivity index (χ2n) is 0.964. The van der Waals surface area contributed by atoms with Crippen molar-refractivity contribution in [1.82, 2.24) is 0 Å². The number of carboxylic acid groups (broad SMARTS) is 1. The summed E-state index contributed by atoms with van der Waals surface area (Å²) in [7, 11) is 0. The van der Waals surface area contributed by atoms with Crippen molar-refractivity contribution in [2.75, 3.05) is 6.67 Å². The zero-order valence-corrected chi connectivity index (χ0v) is 3.52. The van der Waals surface area contributed by atoms with Gasteiger partial charge >= 0.3 is 5.97 Å². The molecule has 0 unspecified atom stereocenters. The molecule has 0 saturated heterocycles. The van der Waals surface area contributed by atoms with Crippen LogP contribution in [0.3, 0.4) is 0 Å². The highest BCUT2D eigenvalue weighted by atomic mass is 19.1. The van der Waals surface area contributed by atoms with Crippen molar-refractivity contribution >= 4 is 5.97 Å². The second kappa shape index (κ2) is 2.52. The van der Waals surface area contributed by atoms with E-state index < -0.39 is 18.7 Å². The van der Waals surface area contributed by atoms with E-state index >= 15 is 0 Å². The molecule has 0 bridgehead atoms. The van der Waals surface area contributed by atoms with Crippen LogP contribution < -0.4 is 5.73 Å². The van der Waals surface area contributed by atoms with E-state index in [0.717, 1.165) is 0 Å². The van der Waals surface area contributed by atoms with E-state index in [2.05, 4.69) is 5.73 Å². The SMILES string of the molecule is [2H][C@](N)(CF)C(=O)O. The van der Waals surface area contributed by atoms with E-state index in [-0.39, 0.29) is 0 Å². The van der Waals surface area contributed by atoms with Gasteiger partial charge in [0, 0.05) is 0 Å². The topological polar surface area (TPSA) is 63.3 Å². The molecule has 0 saturated carbocycles. The van der Waals surface area contributed by atoms with Crippen molar-refractivity contribution in [2.45, 2.75) is 6.02 Å². The number of hydrogen-bond donors (Lipinski definition) is 2. The van der Waals surface area contributed by atoms with Crippen LogP contribution in [0.2, 0.25) is 0 Å². The number of carboxylic acids is 1. The van der Waals surface area contributed by atoms with Crippen molar-refractivity contribution < 1.29 is 15.7 Å². The maximum Gasteiger partial charge on any atom is 0.323 e. The summed E-state index contributed by atoms with van der Waals surface area (Å²) in [6, 6.07) is -2.46. The lowest BCUT2D eigenvalue weighted by molar-refractivity contribution is -0.138. The fourth-order valence-corrected chi connectivity index (χ4v) is 0.0572. The number of hydrogen-bond acceptors (Lipinski definition) is 2. The van der Waals surface area contributed by atoms with E-state index in [9.17, 15) is 9.18 Å². The Morgan fingerprint density at radius 2 is 2.71 bits per heavy atom. The molecule has 3 nitrogen and oxygen atoms in total. The van der Waals surface area contributed by atoms with Crippen LogP contribution in [0, 0.1) is 0 Å². The van der Waals surface area contributed by atoms with Gasteiger partial charge in [0.15, 0.2) is 0 Å². The number of nitrogens with two attached hydrogens (primary N) is 1. The summed E-state index contributed by atoms with van der Waals surface area (Å²) < 4.78 is 17.8. The maximum atomic E-state index is 11.3. The summed E-state index contributed by atoms with van der Waals surface area (Å²) in [5.74, 6) is -1.65. The summed E-state index contributed by atoms with van der Waals surface area (Å²) in [6.07, 6.45) is 0. The molecule has 0 spiro atoms. The molecule has 0 aliphatic heterocycles. The number of aliphatic carboxylic acids is 1. The Balaban J connectivity index is 3.91. The molecule has 3 N–H and O–H groups in total. The highest BCUT2D eigenvalue weighted by Crippen LogP contribution is 1.76. The fraction of sp³-hybridized carbons (Fsp3) is 0.667. The van der Waals surface area contributed by atoms with Gasteiger partial charge < -0.3 is 10.8 Å². The van der Waals surface area contributed by atoms with Gasteiger partial charge in [0.1, 0.15) is 12.7 Å². The molecule has 0 rings (SSSR count). The third-order valence-corrected chi connectivity index (χ3v) is 0.419. The first-order chi connectivity index (χ1) is 3.50. The zero-order chi connectivity index (χ0) is 6.78. The normalized spacial score (nSPS) is 20.0. The number of halogens is 1. The third kappa shape index (κ3) is 2.11. The Hall–Kier alpha value is -0.640. The number of carbonyl (C=O) groups is 1. The van der Waals surface area contributed by atoms with Gasteiger partial charge in [0.25, 0.3) is 0 Å². The van der Waals surface area contributed by atoms with Gasteiger partial charge in [-0.2, -0.15) is 0 Å². The molecular formula is C3H6FNO2. The fourth-order valence-electron chi connectivity index (χ4n) is 0.0572. The first-order valence-corrected chi connectivity index (χ1v) is 1.59. The van der Waals surface area contributed by atoms with Gasteiger partial charge in [-0.05, 0) is 0 Å². The summed E-state index contributed by atoms with van der Waals surface area (Å²) in [4.78, 5) is 9.70. The van der Waals surface area contributed by atoms with Crippen LogP contribution in [0.25, 0.3) is 0 Å². The molecule has 42 valence electrons. The van der Waals surface area contributed by atoms with Crippen LogP contribution in [-0.4, -0.2) is 23.8 Å². The van der Waals surface area contributed by atoms with Crippen molar-refractivity contribution in [2.24, 2.45) is 5.73 Å². The van der Waals surface area contributed by atoms with Crippen molar-refractivity contribution in [3.8, 4) is 0 Å². The monoisotopic (exact) mass is 108 g/mol. The minimum atomic E-state index is -2.46. The standard InChI is InChI=1S/C3H6FNO2/c4-1-2(5)3(6)7/h2H,1,5H2,(H,6,7)/t2-/m0/s1/i2D. The van der Waals surface area contributed by atoms with Gasteiger partial charge in [-0.1, -0.05) is 0 Å². The molecule has 0 aromatic rings. The van der Waals surface area contributed by atoms with E-state index in [0.29, 0.717) is 0 Å². The van der Waals surface area contributed by atoms with Crippen LogP contribution in [0.1, 0.15) is 1.37 Å². The lowest BCUT2D eigenvalue weighted by atomic mass is 10.4. The van der Waals surface area contributed by atoms with Crippen LogP contribution in [0.15, 0.2) is 0 Å². The highest BCUT2D eigenvalue weighted by Gasteiger charge is 2.08. The van der Waals surface area contributed by atoms with Crippen LogP contribution >= 0.6 is 0 Å². The zero-order valence-electron chi connectivity index (χ0n) is 4.52. The molecule has 4 heteroatoms. The summed E-state index contributed by atoms with van der Waals surface area (Å²) >= 11 is 0. The number of alkyl halides is 1. The molecule has 0 radical (unpaired) electrons. The quantitative estimate of drug-likeness (QED) is 0.495. The minimum absolute atomic E-state index is 1.37. The van der Waals surface area contributed by atoms with Crippen molar-refractivity contribution in [3.05, 3.63) is 0 Å². The smallest absolute Gasteiger partial charge is 0.323 e. The molecule has 0 amide bonds. The molecule has 0 aliphatic carbocycles. The summed E-state index contributed by atoms with van der Waals surface area (Å²) in [6.45, 7) is -1.37. The van der Waals surface area contributed by atoms with Crippen LogP contribution in [0.5, 0.6) is 0 Å². The van der Waals surface area contributed by atoms with Gasteiger partial charge in [0.2, 0.25) is 0 Å². The second-order valence-corrected chi connectivity index (χ2v) is 0.964. The Morgan fingerprint density at radius 3 is 2.71 bits per heavy atom. The Labute approximate surface area is 41.3 Å². The predicted octanol–water partition coefficient (Wildman–Crippen LogP) is -0.632. The van der Waals surface area contributed by atoms with E-state index in [1.165, 1.54) is 0 Å². The lowest BCUT2D eigenvalue weighted by Gasteiger charge is -1.94. The highest BCUT2D eigenvalue weighted by molar-refractivity contribution is 5.73. The molecule has 1 atom stereocenters. The molecule has 0 heterocycles. The van der Waals surface area contributed by atoms with Crippen molar-refractivity contribution in [1.29, 1.82) is 0 Å². The Morgan fingerprint density at radius 1 is 2.29 bits per heavy atom. The average molecular weight is 108 g/mol. The molecule has 0 fully saturated rings. The summed E-state index contributed by atoms with van der Waals surface area (Å²) in [5, 5.41) is 7.89. The largest absolute Gasteiger partial charge is 0.480 e. The average Bonchev–Trinajstić information content (AvgIpc) is 1.67.